The van der Waals surface area contributed by atoms with Crippen LogP contribution in [0.15, 0.2) is 36.8 Å². The highest BCUT2D eigenvalue weighted by molar-refractivity contribution is 7.16. The monoisotopic (exact) mass is 801 g/mol. The van der Waals surface area contributed by atoms with Gasteiger partial charge >= 0.3 is 12.1 Å². The predicted octanol–water partition coefficient (Wildman–Crippen LogP) is 5.72. The minimum atomic E-state index is -5.08. The van der Waals surface area contributed by atoms with E-state index < -0.39 is 29.9 Å². The molecular weight excluding hydrogens is 766 g/mol. The number of aryl methyl sites for hydroxylation is 2. The van der Waals surface area contributed by atoms with Gasteiger partial charge in [-0.1, -0.05) is 37.0 Å². The Hall–Kier alpha value is -4.98. The molecule has 0 radical (unpaired) electrons. The van der Waals surface area contributed by atoms with E-state index in [0.29, 0.717) is 28.7 Å². The molecule has 21 heteroatoms. The fourth-order valence-electron chi connectivity index (χ4n) is 4.44. The van der Waals surface area contributed by atoms with Gasteiger partial charge in [-0.25, -0.2) is 14.8 Å². The topological polar surface area (TPSA) is 193 Å². The number of carboxylic acid groups (broad SMARTS) is 1. The Morgan fingerprint density at radius 1 is 0.906 bits per heavy atom. The van der Waals surface area contributed by atoms with Crippen LogP contribution in [0.2, 0.25) is 10.2 Å². The van der Waals surface area contributed by atoms with Crippen molar-refractivity contribution in [3.8, 4) is 0 Å². The van der Waals surface area contributed by atoms with Gasteiger partial charge in [0.05, 0.1) is 22.0 Å². The van der Waals surface area contributed by atoms with Crippen molar-refractivity contribution in [3.05, 3.63) is 74.5 Å². The van der Waals surface area contributed by atoms with Crippen molar-refractivity contribution in [3.63, 3.8) is 0 Å². The highest BCUT2D eigenvalue weighted by Crippen LogP contribution is 2.30. The average Bonchev–Trinajstić information content (AvgIpc) is 3.76. The highest BCUT2D eigenvalue weighted by atomic mass is 35.5. The number of nitrogens with zero attached hydrogens (tertiary/aromatic N) is 5. The molecule has 0 saturated carbocycles. The van der Waals surface area contributed by atoms with Gasteiger partial charge in [-0.2, -0.15) is 13.2 Å². The molecule has 53 heavy (non-hydrogen) atoms. The standard InChI is InChI=1S/C30H35Cl2N9O4S.C2HF3O2/c1-16(2)24-23(29(45)33-8-7-9-39(3)4)37-30(46-24)38-28(44)22-12-19(15-41(22)6)36-27(43)21-11-18(14-40(21)5)35-26(42)17-10-20(31)25(32)34-13-17;3-2(4,5)1(6)7/h10-16H,7-9H2,1-6H3,(H,33,45)(H,35,42)(H,36,43)(H,37,38,44);(H,6,7). The molecule has 0 spiro atoms. The minimum absolute atomic E-state index is 0.0295. The number of carboxylic acids is 1. The Kier molecular flexibility index (Phi) is 14.6. The second kappa shape index (κ2) is 18.2. The number of aliphatic carboxylic acids is 1. The predicted molar refractivity (Wildman–Crippen MR) is 194 cm³/mol. The molecule has 0 fully saturated rings. The molecule has 4 heterocycles. The van der Waals surface area contributed by atoms with Crippen molar-refractivity contribution in [1.82, 2.24) is 29.3 Å². The first-order valence-electron chi connectivity index (χ1n) is 15.5. The third-order valence-corrected chi connectivity index (χ3v) is 8.93. The fraction of sp³-hybridized carbons (Fsp3) is 0.344. The molecule has 0 aromatic carbocycles. The van der Waals surface area contributed by atoms with E-state index in [1.165, 1.54) is 35.7 Å². The highest BCUT2D eigenvalue weighted by Gasteiger charge is 2.38. The molecule has 0 unspecified atom stereocenters. The summed E-state index contributed by atoms with van der Waals surface area (Å²) < 4.78 is 34.9. The van der Waals surface area contributed by atoms with Gasteiger partial charge in [0, 0.05) is 44.1 Å². The molecule has 0 aliphatic heterocycles. The van der Waals surface area contributed by atoms with Crippen molar-refractivity contribution in [2.24, 2.45) is 14.1 Å². The number of amides is 4. The van der Waals surface area contributed by atoms with E-state index in [2.05, 4.69) is 31.2 Å². The third kappa shape index (κ3) is 12.0. The molecular formula is C32H36Cl2F3N9O6S. The molecule has 286 valence electrons. The average molecular weight is 803 g/mol. The number of hydrogen-bond donors (Lipinski definition) is 5. The molecule has 15 nitrogen and oxygen atoms in total. The van der Waals surface area contributed by atoms with E-state index in [1.807, 2.05) is 32.8 Å². The van der Waals surface area contributed by atoms with Crippen LogP contribution in [0.5, 0.6) is 0 Å². The number of aromatic nitrogens is 4. The SMILES string of the molecule is CC(C)c1sc(NC(=O)c2cc(NC(=O)c3cc(NC(=O)c4cnc(Cl)c(Cl)c4)cn3C)cn2C)nc1C(=O)NCCCN(C)C.O=C(O)C(F)(F)F. The van der Waals surface area contributed by atoms with Crippen LogP contribution in [0, 0.1) is 0 Å². The van der Waals surface area contributed by atoms with Crippen LogP contribution >= 0.6 is 34.5 Å². The fourth-order valence-corrected chi connectivity index (χ4v) is 5.67. The largest absolute Gasteiger partial charge is 0.490 e. The van der Waals surface area contributed by atoms with Gasteiger partial charge in [-0.15, -0.1) is 11.3 Å². The summed E-state index contributed by atoms with van der Waals surface area (Å²) in [6.07, 6.45) is 0.198. The Balaban J connectivity index is 0.000000980. The Bertz CT molecular complexity index is 1990. The van der Waals surface area contributed by atoms with Crippen molar-refractivity contribution >= 4 is 80.6 Å². The number of carbonyl (C=O) groups excluding carboxylic acids is 4. The molecule has 4 amide bonds. The number of halogens is 5. The first-order valence-corrected chi connectivity index (χ1v) is 17.1. The first kappa shape index (κ1) is 42.4. The zero-order chi connectivity index (χ0) is 39.8. The van der Waals surface area contributed by atoms with Crippen LogP contribution in [-0.2, 0) is 18.9 Å². The quantitative estimate of drug-likeness (QED) is 0.0881. The zero-order valence-corrected chi connectivity index (χ0v) is 31.5. The number of anilines is 3. The van der Waals surface area contributed by atoms with Crippen LogP contribution in [0.25, 0.3) is 0 Å². The van der Waals surface area contributed by atoms with E-state index in [-0.39, 0.29) is 39.0 Å². The lowest BCUT2D eigenvalue weighted by atomic mass is 10.1. The smallest absolute Gasteiger partial charge is 0.475 e. The van der Waals surface area contributed by atoms with Crippen LogP contribution in [0.4, 0.5) is 29.7 Å². The van der Waals surface area contributed by atoms with E-state index in [9.17, 15) is 32.3 Å². The van der Waals surface area contributed by atoms with Gasteiger partial charge in [-0.05, 0) is 51.2 Å². The molecule has 4 aromatic rings. The lowest BCUT2D eigenvalue weighted by Crippen LogP contribution is -2.28. The molecule has 0 aliphatic carbocycles. The number of alkyl halides is 3. The summed E-state index contributed by atoms with van der Waals surface area (Å²) in [5.74, 6) is -4.40. The number of pyridine rings is 1. The van der Waals surface area contributed by atoms with Gasteiger partial charge in [-0.3, -0.25) is 24.5 Å². The maximum atomic E-state index is 13.2. The van der Waals surface area contributed by atoms with Gasteiger partial charge in [0.15, 0.2) is 5.13 Å². The molecule has 4 aromatic heterocycles. The summed E-state index contributed by atoms with van der Waals surface area (Å²) in [4.78, 5) is 71.8. The van der Waals surface area contributed by atoms with Gasteiger partial charge < -0.3 is 35.1 Å². The number of carbonyl (C=O) groups is 5. The van der Waals surface area contributed by atoms with E-state index >= 15 is 0 Å². The molecule has 0 aliphatic rings. The van der Waals surface area contributed by atoms with Crippen molar-refractivity contribution in [1.29, 1.82) is 0 Å². The molecule has 0 saturated heterocycles. The summed E-state index contributed by atoms with van der Waals surface area (Å²) in [7, 11) is 7.28. The Labute approximate surface area is 315 Å². The van der Waals surface area contributed by atoms with E-state index in [0.717, 1.165) is 17.8 Å². The van der Waals surface area contributed by atoms with Crippen molar-refractivity contribution < 1.29 is 42.3 Å². The Morgan fingerprint density at radius 3 is 1.92 bits per heavy atom. The van der Waals surface area contributed by atoms with Gasteiger partial charge in [0.25, 0.3) is 23.6 Å². The summed E-state index contributed by atoms with van der Waals surface area (Å²) in [6, 6.07) is 4.44. The number of rotatable bonds is 12. The molecule has 0 bridgehead atoms. The van der Waals surface area contributed by atoms with Crippen molar-refractivity contribution in [2.45, 2.75) is 32.4 Å². The second-order valence-electron chi connectivity index (χ2n) is 11.9. The maximum absolute atomic E-state index is 13.2. The first-order chi connectivity index (χ1) is 24.7. The summed E-state index contributed by atoms with van der Waals surface area (Å²) in [5.41, 5.74) is 1.78. The van der Waals surface area contributed by atoms with E-state index in [1.54, 1.807) is 35.6 Å². The van der Waals surface area contributed by atoms with E-state index in [4.69, 9.17) is 33.1 Å². The lowest BCUT2D eigenvalue weighted by Gasteiger charge is -2.10. The van der Waals surface area contributed by atoms with Crippen LogP contribution < -0.4 is 21.3 Å². The van der Waals surface area contributed by atoms with Gasteiger partial charge in [0.2, 0.25) is 0 Å². The van der Waals surface area contributed by atoms with Crippen molar-refractivity contribution in [2.75, 3.05) is 43.1 Å². The number of nitrogens with one attached hydrogen (secondary N) is 4. The van der Waals surface area contributed by atoms with Gasteiger partial charge in [0.1, 0.15) is 22.2 Å². The number of thiazole rings is 1. The van der Waals surface area contributed by atoms with Crippen LogP contribution in [0.3, 0.4) is 0 Å². The zero-order valence-electron chi connectivity index (χ0n) is 29.2. The summed E-state index contributed by atoms with van der Waals surface area (Å²) >= 11 is 13.0. The van der Waals surface area contributed by atoms with Crippen LogP contribution in [-0.4, -0.2) is 92.1 Å². The summed E-state index contributed by atoms with van der Waals surface area (Å²) in [6.45, 7) is 5.29. The normalized spacial score (nSPS) is 11.2. The van der Waals surface area contributed by atoms with Crippen LogP contribution in [0.1, 0.15) is 72.9 Å². The summed E-state index contributed by atoms with van der Waals surface area (Å²) in [5, 5.41) is 18.8. The number of hydrogen-bond acceptors (Lipinski definition) is 9. The maximum Gasteiger partial charge on any atom is 0.490 e. The molecule has 5 N–H and O–H groups in total. The lowest BCUT2D eigenvalue weighted by molar-refractivity contribution is -0.192. The minimum Gasteiger partial charge on any atom is -0.475 e. The Morgan fingerprint density at radius 2 is 1.43 bits per heavy atom. The second-order valence-corrected chi connectivity index (χ2v) is 13.7. The third-order valence-electron chi connectivity index (χ3n) is 6.97. The molecule has 4 rings (SSSR count). The molecule has 0 atom stereocenters.